The molecular weight excluding hydrogens is 547 g/mol. The molecule has 1 atom stereocenters. The van der Waals surface area contributed by atoms with Crippen LogP contribution in [-0.4, -0.2) is 64.9 Å². The number of carboxylic acid groups (broad SMARTS) is 2. The number of nitrogens with one attached hydrogen (secondary N) is 2. The standard InChI is InChI=1S/C13H16N2O.C10H8FNO2.C5H9N5O2/c1-5-10-7-11-12(6-8(10)2)14-9(3)15(4)13(11)16;1-2-5-12-7-3-4-8(10(13)14)9(11)6-7;6-3(5(11)12)1-2-4-7-9-10-8-4/h6-7H,5H2,1-4H3;1,3-4,6,12H,5H2,(H,13,14);3H,1-2,6H2,(H,11,12)(H,7,8,9,10)/t;;3-/m..0/s1. The van der Waals surface area contributed by atoms with Gasteiger partial charge in [-0.15, -0.1) is 16.6 Å². The Balaban J connectivity index is 0.000000223. The molecule has 0 aliphatic heterocycles. The number of aromatic amines is 1. The molecule has 42 heavy (non-hydrogen) atoms. The Kier molecular flexibility index (Phi) is 12.3. The Bertz CT molecular complexity index is 1630. The van der Waals surface area contributed by atoms with E-state index in [1.54, 1.807) is 11.6 Å². The molecule has 0 unspecified atom stereocenters. The molecule has 14 heteroatoms. The number of aromatic nitrogens is 6. The smallest absolute Gasteiger partial charge is 0.338 e. The Morgan fingerprint density at radius 2 is 1.95 bits per heavy atom. The molecule has 0 aliphatic carbocycles. The summed E-state index contributed by atoms with van der Waals surface area (Å²) in [6.45, 7) is 6.28. The fraction of sp³-hybridized carbons (Fsp3) is 0.321. The molecule has 0 saturated carbocycles. The van der Waals surface area contributed by atoms with Crippen LogP contribution >= 0.6 is 0 Å². The Hall–Kier alpha value is -5.16. The van der Waals surface area contributed by atoms with Crippen LogP contribution in [0.15, 0.2) is 35.1 Å². The predicted molar refractivity (Wildman–Crippen MR) is 155 cm³/mol. The third kappa shape index (κ3) is 9.20. The van der Waals surface area contributed by atoms with Crippen molar-refractivity contribution in [1.82, 2.24) is 30.2 Å². The Morgan fingerprint density at radius 1 is 1.24 bits per heavy atom. The zero-order valence-electron chi connectivity index (χ0n) is 23.7. The van der Waals surface area contributed by atoms with Crippen molar-refractivity contribution in [2.45, 2.75) is 46.1 Å². The molecule has 13 nitrogen and oxygen atoms in total. The number of benzene rings is 2. The van der Waals surface area contributed by atoms with E-state index in [0.29, 0.717) is 24.4 Å². The quantitative estimate of drug-likeness (QED) is 0.191. The van der Waals surface area contributed by atoms with Gasteiger partial charge in [0, 0.05) is 19.2 Å². The SMILES string of the molecule is C#CCNc1ccc(C(=O)O)c(F)c1.CCc1cc2c(=O)n(C)c(C)nc2cc1C.N[C@@H](CCc1nn[nH]n1)C(=O)O. The van der Waals surface area contributed by atoms with Crippen molar-refractivity contribution < 1.29 is 24.2 Å². The minimum Gasteiger partial charge on any atom is -0.480 e. The van der Waals surface area contributed by atoms with E-state index in [9.17, 15) is 18.8 Å². The van der Waals surface area contributed by atoms with Crippen LogP contribution in [0.5, 0.6) is 0 Å². The summed E-state index contributed by atoms with van der Waals surface area (Å²) in [5.74, 6) is 0.473. The van der Waals surface area contributed by atoms with E-state index < -0.39 is 23.8 Å². The number of hydrogen-bond donors (Lipinski definition) is 5. The normalized spacial score (nSPS) is 10.9. The minimum absolute atomic E-state index is 0.0391. The van der Waals surface area contributed by atoms with Gasteiger partial charge in [0.05, 0.1) is 23.0 Å². The van der Waals surface area contributed by atoms with Gasteiger partial charge in [-0.25, -0.2) is 14.2 Å². The van der Waals surface area contributed by atoms with Gasteiger partial charge in [-0.2, -0.15) is 5.21 Å². The number of halogens is 1. The van der Waals surface area contributed by atoms with E-state index in [1.165, 1.54) is 23.3 Å². The van der Waals surface area contributed by atoms with E-state index in [-0.39, 0.29) is 17.7 Å². The number of anilines is 1. The second-order valence-corrected chi connectivity index (χ2v) is 9.04. The van der Waals surface area contributed by atoms with Crippen LogP contribution in [0.2, 0.25) is 0 Å². The zero-order chi connectivity index (χ0) is 31.4. The van der Waals surface area contributed by atoms with Gasteiger partial charge in [-0.05, 0) is 68.1 Å². The number of carbonyl (C=O) groups is 2. The fourth-order valence-corrected chi connectivity index (χ4v) is 3.61. The van der Waals surface area contributed by atoms with E-state index in [4.69, 9.17) is 22.4 Å². The highest BCUT2D eigenvalue weighted by molar-refractivity contribution is 5.88. The zero-order valence-corrected chi connectivity index (χ0v) is 23.7. The first kappa shape index (κ1) is 33.0. The molecule has 0 aliphatic rings. The van der Waals surface area contributed by atoms with Crippen molar-refractivity contribution in [1.29, 1.82) is 0 Å². The Morgan fingerprint density at radius 3 is 2.50 bits per heavy atom. The monoisotopic (exact) mass is 580 g/mol. The summed E-state index contributed by atoms with van der Waals surface area (Å²) in [7, 11) is 1.76. The van der Waals surface area contributed by atoms with Gasteiger partial charge in [0.15, 0.2) is 5.82 Å². The van der Waals surface area contributed by atoms with E-state index in [2.05, 4.69) is 50.7 Å². The second kappa shape index (κ2) is 15.6. The number of aromatic carboxylic acids is 1. The van der Waals surface area contributed by atoms with Crippen molar-refractivity contribution in [3.8, 4) is 12.3 Å². The largest absolute Gasteiger partial charge is 0.480 e. The molecule has 0 bridgehead atoms. The van der Waals surface area contributed by atoms with Crippen molar-refractivity contribution in [3.05, 3.63) is 74.8 Å². The molecule has 0 fully saturated rings. The van der Waals surface area contributed by atoms with Crippen LogP contribution in [-0.2, 0) is 24.7 Å². The molecule has 2 aromatic heterocycles. The summed E-state index contributed by atoms with van der Waals surface area (Å²) < 4.78 is 14.7. The van der Waals surface area contributed by atoms with Gasteiger partial charge in [-0.1, -0.05) is 18.1 Å². The van der Waals surface area contributed by atoms with Gasteiger partial charge in [-0.3, -0.25) is 14.2 Å². The molecule has 0 saturated heterocycles. The van der Waals surface area contributed by atoms with Gasteiger partial charge < -0.3 is 21.3 Å². The van der Waals surface area contributed by atoms with E-state index >= 15 is 0 Å². The molecule has 2 aromatic carbocycles. The highest BCUT2D eigenvalue weighted by atomic mass is 19.1. The van der Waals surface area contributed by atoms with E-state index in [1.807, 2.05) is 19.1 Å². The van der Waals surface area contributed by atoms with Crippen LogP contribution in [0.4, 0.5) is 10.1 Å². The maximum absolute atomic E-state index is 13.1. The van der Waals surface area contributed by atoms with Crippen LogP contribution in [0.3, 0.4) is 0 Å². The van der Waals surface area contributed by atoms with Crippen molar-refractivity contribution in [3.63, 3.8) is 0 Å². The number of terminal acetylenes is 1. The summed E-state index contributed by atoms with van der Waals surface area (Å²) in [4.78, 5) is 37.2. The number of rotatable bonds is 8. The number of nitrogens with zero attached hydrogens (tertiary/aromatic N) is 5. The van der Waals surface area contributed by atoms with Crippen LogP contribution < -0.4 is 16.6 Å². The molecule has 222 valence electrons. The van der Waals surface area contributed by atoms with Crippen LogP contribution in [0, 0.1) is 32.0 Å². The molecule has 0 amide bonds. The second-order valence-electron chi connectivity index (χ2n) is 9.04. The maximum atomic E-state index is 13.1. The van der Waals surface area contributed by atoms with Crippen LogP contribution in [0.25, 0.3) is 10.9 Å². The molecule has 0 radical (unpaired) electrons. The summed E-state index contributed by atoms with van der Waals surface area (Å²) >= 11 is 0. The summed E-state index contributed by atoms with van der Waals surface area (Å²) in [5.41, 5.74) is 8.62. The highest BCUT2D eigenvalue weighted by Crippen LogP contribution is 2.16. The number of fused-ring (bicyclic) bond motifs is 1. The van der Waals surface area contributed by atoms with Crippen molar-refractivity contribution >= 4 is 28.5 Å². The highest BCUT2D eigenvalue weighted by Gasteiger charge is 2.12. The Labute approximate surface area is 241 Å². The van der Waals surface area contributed by atoms with Gasteiger partial charge in [0.2, 0.25) is 0 Å². The van der Waals surface area contributed by atoms with Gasteiger partial charge in [0.1, 0.15) is 17.7 Å². The lowest BCUT2D eigenvalue weighted by Gasteiger charge is -2.08. The third-order valence-electron chi connectivity index (χ3n) is 6.12. The summed E-state index contributed by atoms with van der Waals surface area (Å²) in [5, 5.41) is 33.3. The summed E-state index contributed by atoms with van der Waals surface area (Å²) in [6, 6.07) is 6.87. The number of aryl methyl sites for hydroxylation is 4. The minimum atomic E-state index is -1.29. The van der Waals surface area contributed by atoms with Crippen molar-refractivity contribution in [2.75, 3.05) is 11.9 Å². The third-order valence-corrected chi connectivity index (χ3v) is 6.12. The van der Waals surface area contributed by atoms with Gasteiger partial charge >= 0.3 is 11.9 Å². The lowest BCUT2D eigenvalue weighted by atomic mass is 10.0. The molecule has 0 spiro atoms. The fourth-order valence-electron chi connectivity index (χ4n) is 3.61. The summed E-state index contributed by atoms with van der Waals surface area (Å²) in [6.07, 6.45) is 6.67. The maximum Gasteiger partial charge on any atom is 0.338 e. The molecule has 2 heterocycles. The van der Waals surface area contributed by atoms with E-state index in [0.717, 1.165) is 29.2 Å². The number of nitrogens with two attached hydrogens (primary N) is 1. The number of H-pyrrole nitrogens is 1. The molecule has 6 N–H and O–H groups in total. The number of tetrazole rings is 1. The first-order chi connectivity index (χ1) is 19.9. The first-order valence-corrected chi connectivity index (χ1v) is 12.8. The molecular formula is C28H33FN8O5. The average molecular weight is 581 g/mol. The molecule has 4 rings (SSSR count). The van der Waals surface area contributed by atoms with Gasteiger partial charge in [0.25, 0.3) is 5.56 Å². The molecule has 4 aromatic rings. The van der Waals surface area contributed by atoms with Crippen molar-refractivity contribution in [2.24, 2.45) is 12.8 Å². The average Bonchev–Trinajstić information content (AvgIpc) is 3.48. The number of aliphatic carboxylic acids is 1. The first-order valence-electron chi connectivity index (χ1n) is 12.8. The van der Waals surface area contributed by atoms with Crippen LogP contribution in [0.1, 0.15) is 46.5 Å². The predicted octanol–water partition coefficient (Wildman–Crippen LogP) is 2.23. The number of carboxylic acids is 2. The lowest BCUT2D eigenvalue weighted by molar-refractivity contribution is -0.138. The lowest BCUT2D eigenvalue weighted by Crippen LogP contribution is -2.30. The topological polar surface area (TPSA) is 202 Å². The number of hydrogen-bond acceptors (Lipinski definition) is 9.